The van der Waals surface area contributed by atoms with Crippen LogP contribution in [0.2, 0.25) is 0 Å². The fourth-order valence-electron chi connectivity index (χ4n) is 2.83. The second-order valence-corrected chi connectivity index (χ2v) is 6.77. The van der Waals surface area contributed by atoms with E-state index in [4.69, 9.17) is 0 Å². The standard InChI is InChI=1S/C15H25N3O2/c1-10-13(8-16-18(10)15(3,4)5)14(20)17-7-6-12(9-17)11(2)19/h8,11-12,19H,6-7,9H2,1-5H3. The molecule has 1 N–H and O–H groups in total. The van der Waals surface area contributed by atoms with Gasteiger partial charge in [-0.2, -0.15) is 5.10 Å². The van der Waals surface area contributed by atoms with Crippen LogP contribution >= 0.6 is 0 Å². The van der Waals surface area contributed by atoms with Crippen LogP contribution in [0.5, 0.6) is 0 Å². The van der Waals surface area contributed by atoms with Gasteiger partial charge in [-0.05, 0) is 41.0 Å². The molecule has 0 aromatic carbocycles. The molecule has 0 bridgehead atoms. The molecule has 0 radical (unpaired) electrons. The Kier molecular flexibility index (Phi) is 3.91. The molecule has 1 aliphatic heterocycles. The number of nitrogens with zero attached hydrogens (tertiary/aromatic N) is 3. The zero-order valence-corrected chi connectivity index (χ0v) is 13.1. The summed E-state index contributed by atoms with van der Waals surface area (Å²) in [4.78, 5) is 14.4. The molecule has 1 aliphatic rings. The van der Waals surface area contributed by atoms with E-state index in [1.54, 1.807) is 13.1 Å². The first-order valence-electron chi connectivity index (χ1n) is 7.24. The number of amides is 1. The van der Waals surface area contributed by atoms with Gasteiger partial charge >= 0.3 is 0 Å². The molecule has 0 saturated carbocycles. The SMILES string of the molecule is Cc1c(C(=O)N2CCC(C(C)O)C2)cnn1C(C)(C)C. The third-order valence-corrected chi connectivity index (χ3v) is 4.07. The van der Waals surface area contributed by atoms with Gasteiger partial charge in [0, 0.05) is 24.7 Å². The van der Waals surface area contributed by atoms with Crippen LogP contribution in [0.1, 0.15) is 50.2 Å². The zero-order valence-electron chi connectivity index (χ0n) is 13.1. The summed E-state index contributed by atoms with van der Waals surface area (Å²) in [6, 6.07) is 0. The molecule has 5 nitrogen and oxygen atoms in total. The number of rotatable bonds is 2. The van der Waals surface area contributed by atoms with Crippen LogP contribution < -0.4 is 0 Å². The van der Waals surface area contributed by atoms with E-state index in [1.807, 2.05) is 16.5 Å². The van der Waals surface area contributed by atoms with E-state index >= 15 is 0 Å². The summed E-state index contributed by atoms with van der Waals surface area (Å²) in [6.45, 7) is 11.3. The molecule has 0 aliphatic carbocycles. The van der Waals surface area contributed by atoms with Gasteiger partial charge in [-0.25, -0.2) is 0 Å². The normalized spacial score (nSPS) is 21.3. The Labute approximate surface area is 120 Å². The van der Waals surface area contributed by atoms with Crippen LogP contribution in [0, 0.1) is 12.8 Å². The predicted molar refractivity (Wildman–Crippen MR) is 77.7 cm³/mol. The number of aliphatic hydroxyl groups excluding tert-OH is 1. The molecule has 2 heterocycles. The van der Waals surface area contributed by atoms with Crippen molar-refractivity contribution in [2.45, 2.75) is 52.7 Å². The molecule has 2 rings (SSSR count). The first-order chi connectivity index (χ1) is 9.21. The zero-order chi connectivity index (χ0) is 15.1. The Morgan fingerprint density at radius 3 is 2.60 bits per heavy atom. The molecule has 1 aromatic rings. The topological polar surface area (TPSA) is 58.4 Å². The number of hydrogen-bond acceptors (Lipinski definition) is 3. The third kappa shape index (κ3) is 2.73. The summed E-state index contributed by atoms with van der Waals surface area (Å²) in [5.41, 5.74) is 1.45. The second-order valence-electron chi connectivity index (χ2n) is 6.77. The van der Waals surface area contributed by atoms with Crippen molar-refractivity contribution in [3.05, 3.63) is 17.5 Å². The molecule has 112 valence electrons. The van der Waals surface area contributed by atoms with Crippen LogP contribution in [-0.4, -0.2) is 44.9 Å². The van der Waals surface area contributed by atoms with Gasteiger partial charge in [-0.15, -0.1) is 0 Å². The minimum Gasteiger partial charge on any atom is -0.393 e. The van der Waals surface area contributed by atoms with Crippen LogP contribution in [0.3, 0.4) is 0 Å². The number of likely N-dealkylation sites (tertiary alicyclic amines) is 1. The number of carbonyl (C=O) groups is 1. The Bertz CT molecular complexity index is 500. The van der Waals surface area contributed by atoms with Gasteiger partial charge in [-0.1, -0.05) is 0 Å². The van der Waals surface area contributed by atoms with Crippen LogP contribution in [0.25, 0.3) is 0 Å². The highest BCUT2D eigenvalue weighted by Gasteiger charge is 2.31. The van der Waals surface area contributed by atoms with E-state index in [0.29, 0.717) is 18.7 Å². The molecule has 1 amide bonds. The molecule has 2 unspecified atom stereocenters. The smallest absolute Gasteiger partial charge is 0.257 e. The third-order valence-electron chi connectivity index (χ3n) is 4.07. The average molecular weight is 279 g/mol. The van der Waals surface area contributed by atoms with Crippen molar-refractivity contribution in [3.63, 3.8) is 0 Å². The number of carbonyl (C=O) groups excluding carboxylic acids is 1. The molecule has 5 heteroatoms. The predicted octanol–water partition coefficient (Wildman–Crippen LogP) is 1.79. The lowest BCUT2D eigenvalue weighted by molar-refractivity contribution is 0.0761. The van der Waals surface area contributed by atoms with E-state index in [2.05, 4.69) is 25.9 Å². The Morgan fingerprint density at radius 2 is 2.15 bits per heavy atom. The lowest BCUT2D eigenvalue weighted by Gasteiger charge is -2.22. The maximum atomic E-state index is 12.6. The average Bonchev–Trinajstić information content (AvgIpc) is 2.93. The molecule has 2 atom stereocenters. The van der Waals surface area contributed by atoms with Crippen molar-refractivity contribution in [3.8, 4) is 0 Å². The first-order valence-corrected chi connectivity index (χ1v) is 7.24. The summed E-state index contributed by atoms with van der Waals surface area (Å²) in [7, 11) is 0. The highest BCUT2D eigenvalue weighted by Crippen LogP contribution is 2.24. The van der Waals surface area contributed by atoms with Gasteiger partial charge in [0.25, 0.3) is 5.91 Å². The molecule has 1 saturated heterocycles. The van der Waals surface area contributed by atoms with E-state index < -0.39 is 0 Å². The highest BCUT2D eigenvalue weighted by atomic mass is 16.3. The first kappa shape index (κ1) is 15.0. The quantitative estimate of drug-likeness (QED) is 0.898. The summed E-state index contributed by atoms with van der Waals surface area (Å²) in [5, 5.41) is 14.0. The number of aromatic nitrogens is 2. The largest absolute Gasteiger partial charge is 0.393 e. The lowest BCUT2D eigenvalue weighted by atomic mass is 10.0. The van der Waals surface area contributed by atoms with E-state index in [0.717, 1.165) is 12.1 Å². The molecular weight excluding hydrogens is 254 g/mol. The summed E-state index contributed by atoms with van der Waals surface area (Å²) < 4.78 is 1.89. The maximum absolute atomic E-state index is 12.6. The monoisotopic (exact) mass is 279 g/mol. The summed E-state index contributed by atoms with van der Waals surface area (Å²) in [5.74, 6) is 0.220. The Morgan fingerprint density at radius 1 is 1.50 bits per heavy atom. The van der Waals surface area contributed by atoms with Crippen molar-refractivity contribution in [2.24, 2.45) is 5.92 Å². The van der Waals surface area contributed by atoms with Crippen molar-refractivity contribution >= 4 is 5.91 Å². The minimum absolute atomic E-state index is 0.0288. The summed E-state index contributed by atoms with van der Waals surface area (Å²) in [6.07, 6.45) is 2.18. The van der Waals surface area contributed by atoms with Gasteiger partial charge < -0.3 is 10.0 Å². The second kappa shape index (κ2) is 5.20. The fourth-order valence-corrected chi connectivity index (χ4v) is 2.83. The molecule has 0 spiro atoms. The van der Waals surface area contributed by atoms with Crippen molar-refractivity contribution in [1.82, 2.24) is 14.7 Å². The van der Waals surface area contributed by atoms with Crippen LogP contribution in [0.15, 0.2) is 6.20 Å². The lowest BCUT2D eigenvalue weighted by Crippen LogP contribution is -2.31. The highest BCUT2D eigenvalue weighted by molar-refractivity contribution is 5.95. The number of aliphatic hydroxyl groups is 1. The number of hydrogen-bond donors (Lipinski definition) is 1. The van der Waals surface area contributed by atoms with E-state index in [1.165, 1.54) is 0 Å². The van der Waals surface area contributed by atoms with Crippen LogP contribution in [0.4, 0.5) is 0 Å². The van der Waals surface area contributed by atoms with E-state index in [-0.39, 0.29) is 23.5 Å². The van der Waals surface area contributed by atoms with Crippen molar-refractivity contribution in [2.75, 3.05) is 13.1 Å². The van der Waals surface area contributed by atoms with Gasteiger partial charge in [0.15, 0.2) is 0 Å². The Balaban J connectivity index is 2.17. The fraction of sp³-hybridized carbons (Fsp3) is 0.733. The van der Waals surface area contributed by atoms with Crippen molar-refractivity contribution in [1.29, 1.82) is 0 Å². The minimum atomic E-state index is -0.355. The molecule has 1 fully saturated rings. The Hall–Kier alpha value is -1.36. The molecule has 1 aromatic heterocycles. The molecular formula is C15H25N3O2. The van der Waals surface area contributed by atoms with Gasteiger partial charge in [0.2, 0.25) is 0 Å². The summed E-state index contributed by atoms with van der Waals surface area (Å²) >= 11 is 0. The van der Waals surface area contributed by atoms with Gasteiger partial charge in [0.05, 0.1) is 23.4 Å². The molecule has 20 heavy (non-hydrogen) atoms. The van der Waals surface area contributed by atoms with Gasteiger partial charge in [0.1, 0.15) is 0 Å². The van der Waals surface area contributed by atoms with Crippen molar-refractivity contribution < 1.29 is 9.90 Å². The van der Waals surface area contributed by atoms with E-state index in [9.17, 15) is 9.90 Å². The van der Waals surface area contributed by atoms with Gasteiger partial charge in [-0.3, -0.25) is 9.48 Å². The maximum Gasteiger partial charge on any atom is 0.257 e. The van der Waals surface area contributed by atoms with Crippen LogP contribution in [-0.2, 0) is 5.54 Å².